The van der Waals surface area contributed by atoms with Gasteiger partial charge in [0.2, 0.25) is 0 Å². The number of nitrogens with one attached hydrogen (secondary N) is 1. The van der Waals surface area contributed by atoms with Crippen molar-refractivity contribution in [1.29, 1.82) is 0 Å². The van der Waals surface area contributed by atoms with E-state index >= 15 is 0 Å². The molecule has 0 spiro atoms. The molecule has 1 heterocycles. The molecule has 2 aliphatic rings. The number of ether oxygens (including phenoxy) is 1. The first kappa shape index (κ1) is 9.05. The molecule has 3 amide bonds. The second-order valence-corrected chi connectivity index (χ2v) is 3.41. The topological polar surface area (TPSA) is 58.6 Å². The number of hydrogen-bond acceptors (Lipinski definition) is 3. The summed E-state index contributed by atoms with van der Waals surface area (Å²) in [6.45, 7) is 0. The van der Waals surface area contributed by atoms with Crippen molar-refractivity contribution in [3.05, 3.63) is 12.2 Å². The van der Waals surface area contributed by atoms with Crippen molar-refractivity contribution in [2.45, 2.75) is 24.9 Å². The van der Waals surface area contributed by atoms with Crippen molar-refractivity contribution in [2.75, 3.05) is 7.11 Å². The maximum atomic E-state index is 11.4. The highest BCUT2D eigenvalue weighted by Crippen LogP contribution is 2.24. The summed E-state index contributed by atoms with van der Waals surface area (Å²) >= 11 is 0. The van der Waals surface area contributed by atoms with E-state index in [0.29, 0.717) is 6.42 Å². The van der Waals surface area contributed by atoms with E-state index in [-0.39, 0.29) is 18.1 Å². The molecule has 5 nitrogen and oxygen atoms in total. The third-order valence-corrected chi connectivity index (χ3v) is 2.63. The maximum absolute atomic E-state index is 11.4. The van der Waals surface area contributed by atoms with Crippen LogP contribution in [0.25, 0.3) is 0 Å². The van der Waals surface area contributed by atoms with Crippen LogP contribution in [0.2, 0.25) is 0 Å². The van der Waals surface area contributed by atoms with Crippen LogP contribution in [0.4, 0.5) is 9.59 Å². The van der Waals surface area contributed by atoms with Gasteiger partial charge in [0.25, 0.3) is 0 Å². The molecule has 0 unspecified atom stereocenters. The van der Waals surface area contributed by atoms with Gasteiger partial charge in [0.05, 0.1) is 19.2 Å². The van der Waals surface area contributed by atoms with E-state index in [1.54, 1.807) is 0 Å². The Morgan fingerprint density at radius 1 is 1.57 bits per heavy atom. The van der Waals surface area contributed by atoms with Gasteiger partial charge in [0.1, 0.15) is 0 Å². The molecule has 1 fully saturated rings. The second kappa shape index (κ2) is 3.32. The highest BCUT2D eigenvalue weighted by atomic mass is 16.5. The Kier molecular flexibility index (Phi) is 2.15. The van der Waals surface area contributed by atoms with Gasteiger partial charge in [0, 0.05) is 0 Å². The summed E-state index contributed by atoms with van der Waals surface area (Å²) < 4.78 is 4.56. The van der Waals surface area contributed by atoms with E-state index in [4.69, 9.17) is 0 Å². The number of carbonyl (C=O) groups excluding carboxylic acids is 2. The van der Waals surface area contributed by atoms with E-state index in [1.807, 2.05) is 12.2 Å². The SMILES string of the molecule is COC(=O)N1C(=O)N[C@@H]2CC=CC[C@H]21. The average molecular weight is 196 g/mol. The summed E-state index contributed by atoms with van der Waals surface area (Å²) in [6.07, 6.45) is 4.91. The van der Waals surface area contributed by atoms with Gasteiger partial charge in [-0.15, -0.1) is 0 Å². The maximum Gasteiger partial charge on any atom is 0.418 e. The van der Waals surface area contributed by atoms with Gasteiger partial charge in [0.15, 0.2) is 0 Å². The van der Waals surface area contributed by atoms with Crippen LogP contribution in [0.3, 0.4) is 0 Å². The molecule has 0 saturated carbocycles. The Bertz CT molecular complexity index is 300. The Labute approximate surface area is 81.7 Å². The fraction of sp³-hybridized carbons (Fsp3) is 0.556. The van der Waals surface area contributed by atoms with Gasteiger partial charge in [-0.2, -0.15) is 0 Å². The summed E-state index contributed by atoms with van der Waals surface area (Å²) in [5, 5.41) is 2.76. The number of hydrogen-bond donors (Lipinski definition) is 1. The molecule has 1 N–H and O–H groups in total. The van der Waals surface area contributed by atoms with Crippen LogP contribution in [0.5, 0.6) is 0 Å². The predicted octanol–water partition coefficient (Wildman–Crippen LogP) is 0.865. The molecule has 0 aromatic rings. The van der Waals surface area contributed by atoms with Crippen molar-refractivity contribution in [2.24, 2.45) is 0 Å². The van der Waals surface area contributed by atoms with Crippen LogP contribution in [0.15, 0.2) is 12.2 Å². The van der Waals surface area contributed by atoms with Gasteiger partial charge in [-0.1, -0.05) is 12.2 Å². The Morgan fingerprint density at radius 2 is 2.29 bits per heavy atom. The third kappa shape index (κ3) is 1.25. The standard InChI is InChI=1S/C9H12N2O3/c1-14-9(13)11-7-5-3-2-4-6(7)10-8(11)12/h2-3,6-7H,4-5H2,1H3,(H,10,12)/t6-,7-/m1/s1. The van der Waals surface area contributed by atoms with Gasteiger partial charge in [-0.05, 0) is 12.8 Å². The Hall–Kier alpha value is -1.52. The Morgan fingerprint density at radius 3 is 3.00 bits per heavy atom. The minimum atomic E-state index is -0.578. The number of fused-ring (bicyclic) bond motifs is 1. The van der Waals surface area contributed by atoms with E-state index in [9.17, 15) is 9.59 Å². The van der Waals surface area contributed by atoms with Crippen LogP contribution in [0, 0.1) is 0 Å². The molecule has 76 valence electrons. The molecule has 1 saturated heterocycles. The smallest absolute Gasteiger partial charge is 0.418 e. The van der Waals surface area contributed by atoms with E-state index in [1.165, 1.54) is 7.11 Å². The third-order valence-electron chi connectivity index (χ3n) is 2.63. The molecule has 2 rings (SSSR count). The number of urea groups is 1. The number of carbonyl (C=O) groups is 2. The first-order valence-corrected chi connectivity index (χ1v) is 4.56. The van der Waals surface area contributed by atoms with Gasteiger partial charge in [-0.3, -0.25) is 0 Å². The molecule has 1 aliphatic carbocycles. The van der Waals surface area contributed by atoms with E-state index in [0.717, 1.165) is 11.3 Å². The number of methoxy groups -OCH3 is 1. The zero-order chi connectivity index (χ0) is 10.1. The number of imide groups is 1. The van der Waals surface area contributed by atoms with Crippen molar-refractivity contribution in [3.8, 4) is 0 Å². The summed E-state index contributed by atoms with van der Waals surface area (Å²) in [5.41, 5.74) is 0. The molecular weight excluding hydrogens is 184 g/mol. The monoisotopic (exact) mass is 196 g/mol. The lowest BCUT2D eigenvalue weighted by atomic mass is 9.97. The van der Waals surface area contributed by atoms with Crippen molar-refractivity contribution >= 4 is 12.1 Å². The van der Waals surface area contributed by atoms with Crippen LogP contribution >= 0.6 is 0 Å². The average Bonchev–Trinajstić information content (AvgIpc) is 2.53. The number of nitrogens with zero attached hydrogens (tertiary/aromatic N) is 1. The zero-order valence-electron chi connectivity index (χ0n) is 7.90. The normalized spacial score (nSPS) is 29.8. The zero-order valence-corrected chi connectivity index (χ0v) is 7.90. The minimum absolute atomic E-state index is 0.0478. The first-order valence-electron chi connectivity index (χ1n) is 4.56. The van der Waals surface area contributed by atoms with Gasteiger partial charge < -0.3 is 10.1 Å². The largest absolute Gasteiger partial charge is 0.452 e. The summed E-state index contributed by atoms with van der Waals surface area (Å²) in [4.78, 5) is 23.9. The molecule has 1 aliphatic heterocycles. The highest BCUT2D eigenvalue weighted by Gasteiger charge is 2.43. The summed E-state index contributed by atoms with van der Waals surface area (Å²) in [7, 11) is 1.28. The van der Waals surface area contributed by atoms with Crippen LogP contribution in [0.1, 0.15) is 12.8 Å². The first-order chi connectivity index (χ1) is 6.74. The Balaban J connectivity index is 2.19. The number of amides is 3. The molecule has 0 radical (unpaired) electrons. The summed E-state index contributed by atoms with van der Waals surface area (Å²) in [5.74, 6) is 0. The van der Waals surface area contributed by atoms with Gasteiger partial charge >= 0.3 is 12.1 Å². The van der Waals surface area contributed by atoms with Crippen molar-refractivity contribution in [1.82, 2.24) is 10.2 Å². The quantitative estimate of drug-likeness (QED) is 0.585. The predicted molar refractivity (Wildman–Crippen MR) is 48.7 cm³/mol. The molecule has 2 atom stereocenters. The lowest BCUT2D eigenvalue weighted by Gasteiger charge is -2.24. The van der Waals surface area contributed by atoms with Crippen LogP contribution < -0.4 is 5.32 Å². The minimum Gasteiger partial charge on any atom is -0.452 e. The fourth-order valence-electron chi connectivity index (χ4n) is 1.94. The van der Waals surface area contributed by atoms with Gasteiger partial charge in [-0.25, -0.2) is 14.5 Å². The lowest BCUT2D eigenvalue weighted by Crippen LogP contribution is -2.41. The molecule has 0 aromatic heterocycles. The number of rotatable bonds is 0. The molecule has 0 aromatic carbocycles. The molecular formula is C9H12N2O3. The van der Waals surface area contributed by atoms with Crippen molar-refractivity contribution in [3.63, 3.8) is 0 Å². The van der Waals surface area contributed by atoms with Crippen molar-refractivity contribution < 1.29 is 14.3 Å². The summed E-state index contributed by atoms with van der Waals surface area (Å²) in [6, 6.07) is -0.387. The second-order valence-electron chi connectivity index (χ2n) is 3.41. The molecule has 5 heteroatoms. The fourth-order valence-corrected chi connectivity index (χ4v) is 1.94. The molecule has 14 heavy (non-hydrogen) atoms. The molecule has 0 bridgehead atoms. The highest BCUT2D eigenvalue weighted by molar-refractivity contribution is 5.93. The van der Waals surface area contributed by atoms with E-state index < -0.39 is 6.09 Å². The van der Waals surface area contributed by atoms with Crippen LogP contribution in [-0.2, 0) is 4.74 Å². The lowest BCUT2D eigenvalue weighted by molar-refractivity contribution is 0.124. The van der Waals surface area contributed by atoms with Crippen LogP contribution in [-0.4, -0.2) is 36.2 Å². The van der Waals surface area contributed by atoms with E-state index in [2.05, 4.69) is 10.1 Å².